The number of hydrogen-bond donors (Lipinski definition) is 1. The first-order valence-corrected chi connectivity index (χ1v) is 7.17. The van der Waals surface area contributed by atoms with Crippen molar-refractivity contribution in [3.05, 3.63) is 28.8 Å². The van der Waals surface area contributed by atoms with Gasteiger partial charge in [-0.3, -0.25) is 4.79 Å². The van der Waals surface area contributed by atoms with Gasteiger partial charge in [0.2, 0.25) is 0 Å². The van der Waals surface area contributed by atoms with Crippen molar-refractivity contribution < 1.29 is 9.53 Å². The monoisotopic (exact) mass is 294 g/mol. The maximum Gasteiger partial charge on any atom is 0.275 e. The van der Waals surface area contributed by atoms with E-state index in [0.717, 1.165) is 25.0 Å². The van der Waals surface area contributed by atoms with Gasteiger partial charge in [0.15, 0.2) is 0 Å². The Kier molecular flexibility index (Phi) is 5.01. The number of benzene rings is 1. The molecule has 1 fully saturated rings. The van der Waals surface area contributed by atoms with E-state index in [1.54, 1.807) is 18.2 Å². The molecule has 5 heteroatoms. The van der Waals surface area contributed by atoms with Gasteiger partial charge in [0.1, 0.15) is 5.75 Å². The molecule has 0 saturated heterocycles. The molecule has 0 aliphatic heterocycles. The Balaban J connectivity index is 2.08. The Morgan fingerprint density at radius 2 is 2.30 bits per heavy atom. The lowest BCUT2D eigenvalue weighted by Gasteiger charge is -2.19. The molecule has 1 aliphatic rings. The van der Waals surface area contributed by atoms with E-state index in [0.29, 0.717) is 22.3 Å². The number of carbonyl (C=O) groups is 1. The highest BCUT2D eigenvalue weighted by Crippen LogP contribution is 2.23. The summed E-state index contributed by atoms with van der Waals surface area (Å²) in [6.45, 7) is 2.20. The first-order valence-electron chi connectivity index (χ1n) is 6.79. The van der Waals surface area contributed by atoms with E-state index in [2.05, 4.69) is 17.5 Å². The molecule has 0 spiro atoms. The van der Waals surface area contributed by atoms with E-state index in [4.69, 9.17) is 16.3 Å². The Bertz CT molecular complexity index is 529. The molecule has 1 aliphatic carbocycles. The topological polar surface area (TPSA) is 50.7 Å². The minimum atomic E-state index is -0.296. The number of ether oxygens (including phenoxy) is 1. The highest BCUT2D eigenvalue weighted by molar-refractivity contribution is 6.31. The van der Waals surface area contributed by atoms with Crippen LogP contribution in [-0.4, -0.2) is 18.7 Å². The average molecular weight is 295 g/mol. The lowest BCUT2D eigenvalue weighted by atomic mass is 9.89. The number of nitrogens with one attached hydrogen (secondary N) is 1. The van der Waals surface area contributed by atoms with Crippen molar-refractivity contribution in [2.75, 3.05) is 7.11 Å². The van der Waals surface area contributed by atoms with E-state index >= 15 is 0 Å². The van der Waals surface area contributed by atoms with Crippen LogP contribution < -0.4 is 10.2 Å². The fourth-order valence-corrected chi connectivity index (χ4v) is 2.58. The molecule has 0 unspecified atom stereocenters. The van der Waals surface area contributed by atoms with Gasteiger partial charge < -0.3 is 4.74 Å². The molecular formula is C15H19ClN2O2. The second kappa shape index (κ2) is 6.75. The molecule has 0 aromatic heterocycles. The van der Waals surface area contributed by atoms with E-state index < -0.39 is 0 Å². The minimum absolute atomic E-state index is 0.296. The number of hydrogen-bond acceptors (Lipinski definition) is 3. The van der Waals surface area contributed by atoms with Crippen molar-refractivity contribution in [3.8, 4) is 5.75 Å². The van der Waals surface area contributed by atoms with Crippen LogP contribution in [0.25, 0.3) is 0 Å². The van der Waals surface area contributed by atoms with Crippen molar-refractivity contribution in [2.45, 2.75) is 32.6 Å². The molecule has 4 nitrogen and oxygen atoms in total. The van der Waals surface area contributed by atoms with Crippen LogP contribution in [-0.2, 0) is 0 Å². The van der Waals surface area contributed by atoms with Crippen LogP contribution >= 0.6 is 11.6 Å². The summed E-state index contributed by atoms with van der Waals surface area (Å²) in [6, 6.07) is 4.94. The number of carbonyl (C=O) groups excluding carboxylic acids is 1. The fourth-order valence-electron chi connectivity index (χ4n) is 2.41. The maximum absolute atomic E-state index is 12.1. The summed E-state index contributed by atoms with van der Waals surface area (Å²) >= 11 is 5.91. The lowest BCUT2D eigenvalue weighted by molar-refractivity contribution is 0.0951. The molecule has 1 amide bonds. The quantitative estimate of drug-likeness (QED) is 0.865. The Hall–Kier alpha value is -1.55. The van der Waals surface area contributed by atoms with Gasteiger partial charge in [0.05, 0.1) is 12.7 Å². The third-order valence-electron chi connectivity index (χ3n) is 3.47. The van der Waals surface area contributed by atoms with Crippen LogP contribution in [0.15, 0.2) is 23.3 Å². The summed E-state index contributed by atoms with van der Waals surface area (Å²) in [4.78, 5) is 12.1. The van der Waals surface area contributed by atoms with E-state index in [1.165, 1.54) is 13.5 Å². The molecule has 2 rings (SSSR count). The van der Waals surface area contributed by atoms with Crippen LogP contribution in [0.1, 0.15) is 43.0 Å². The number of nitrogens with zero attached hydrogens (tertiary/aromatic N) is 1. The molecule has 108 valence electrons. The highest BCUT2D eigenvalue weighted by atomic mass is 35.5. The highest BCUT2D eigenvalue weighted by Gasteiger charge is 2.16. The second-order valence-corrected chi connectivity index (χ2v) is 5.60. The van der Waals surface area contributed by atoms with Crippen molar-refractivity contribution >= 4 is 23.2 Å². The van der Waals surface area contributed by atoms with Gasteiger partial charge >= 0.3 is 0 Å². The van der Waals surface area contributed by atoms with Crippen LogP contribution in [0.5, 0.6) is 5.75 Å². The predicted octanol–water partition coefficient (Wildman–Crippen LogP) is 3.64. The summed E-state index contributed by atoms with van der Waals surface area (Å²) in [7, 11) is 1.52. The normalized spacial score (nSPS) is 20.8. The maximum atomic E-state index is 12.1. The molecule has 0 radical (unpaired) electrons. The van der Waals surface area contributed by atoms with Crippen molar-refractivity contribution in [2.24, 2.45) is 11.0 Å². The molecule has 1 atom stereocenters. The van der Waals surface area contributed by atoms with Crippen LogP contribution in [0, 0.1) is 5.92 Å². The first-order chi connectivity index (χ1) is 9.60. The lowest BCUT2D eigenvalue weighted by Crippen LogP contribution is -2.22. The van der Waals surface area contributed by atoms with Crippen molar-refractivity contribution in [1.29, 1.82) is 0 Å². The average Bonchev–Trinajstić information content (AvgIpc) is 2.45. The number of amides is 1. The van der Waals surface area contributed by atoms with Gasteiger partial charge in [-0.15, -0.1) is 0 Å². The molecular weight excluding hydrogens is 276 g/mol. The Labute approximate surface area is 124 Å². The van der Waals surface area contributed by atoms with Gasteiger partial charge in [0, 0.05) is 10.7 Å². The van der Waals surface area contributed by atoms with E-state index in [1.807, 2.05) is 0 Å². The Morgan fingerprint density at radius 1 is 1.50 bits per heavy atom. The van der Waals surface area contributed by atoms with Gasteiger partial charge in [-0.05, 0) is 49.8 Å². The van der Waals surface area contributed by atoms with Crippen molar-refractivity contribution in [3.63, 3.8) is 0 Å². The van der Waals surface area contributed by atoms with Gasteiger partial charge in [-0.25, -0.2) is 5.43 Å². The third-order valence-corrected chi connectivity index (χ3v) is 3.70. The third kappa shape index (κ3) is 3.73. The van der Waals surface area contributed by atoms with Crippen molar-refractivity contribution in [1.82, 2.24) is 5.43 Å². The Morgan fingerprint density at radius 3 is 3.00 bits per heavy atom. The van der Waals surface area contributed by atoms with Gasteiger partial charge in [-0.1, -0.05) is 18.5 Å². The number of rotatable bonds is 3. The zero-order chi connectivity index (χ0) is 14.5. The predicted molar refractivity (Wildman–Crippen MR) is 80.5 cm³/mol. The zero-order valence-corrected chi connectivity index (χ0v) is 12.5. The van der Waals surface area contributed by atoms with Crippen LogP contribution in [0.4, 0.5) is 0 Å². The minimum Gasteiger partial charge on any atom is -0.496 e. The standard InChI is InChI=1S/C15H19ClN2O2/c1-10-4-3-5-12(8-10)17-18-15(19)13-9-11(16)6-7-14(13)20-2/h6-7,9-10H,3-5,8H2,1-2H3,(H,18,19)/b17-12-/t10-/m0/s1. The molecule has 1 aromatic carbocycles. The number of methoxy groups -OCH3 is 1. The largest absolute Gasteiger partial charge is 0.496 e. The van der Waals surface area contributed by atoms with Crippen LogP contribution in [0.3, 0.4) is 0 Å². The molecule has 1 saturated carbocycles. The summed E-state index contributed by atoms with van der Waals surface area (Å²) < 4.78 is 5.16. The number of halogens is 1. The molecule has 20 heavy (non-hydrogen) atoms. The molecule has 1 aromatic rings. The smallest absolute Gasteiger partial charge is 0.275 e. The first kappa shape index (κ1) is 14.9. The van der Waals surface area contributed by atoms with Crippen LogP contribution in [0.2, 0.25) is 5.02 Å². The molecule has 1 N–H and O–H groups in total. The van der Waals surface area contributed by atoms with E-state index in [-0.39, 0.29) is 5.91 Å². The van der Waals surface area contributed by atoms with E-state index in [9.17, 15) is 4.79 Å². The summed E-state index contributed by atoms with van der Waals surface area (Å²) in [6.07, 6.45) is 4.27. The summed E-state index contributed by atoms with van der Waals surface area (Å²) in [5.74, 6) is 0.833. The zero-order valence-electron chi connectivity index (χ0n) is 11.8. The molecule has 0 bridgehead atoms. The second-order valence-electron chi connectivity index (χ2n) is 5.17. The fraction of sp³-hybridized carbons (Fsp3) is 0.467. The number of hydrazone groups is 1. The summed E-state index contributed by atoms with van der Waals surface area (Å²) in [5.41, 5.74) is 4.05. The van der Waals surface area contributed by atoms with Gasteiger partial charge in [-0.2, -0.15) is 5.10 Å². The van der Waals surface area contributed by atoms with Gasteiger partial charge in [0.25, 0.3) is 5.91 Å². The SMILES string of the molecule is COc1ccc(Cl)cc1C(=O)N/N=C1/CCC[C@H](C)C1. The summed E-state index contributed by atoms with van der Waals surface area (Å²) in [5, 5.41) is 4.73. The molecule has 0 heterocycles.